The van der Waals surface area contributed by atoms with E-state index in [0.29, 0.717) is 12.2 Å². The van der Waals surface area contributed by atoms with Crippen LogP contribution < -0.4 is 10.6 Å². The molecular weight excluding hydrogens is 386 g/mol. The molecule has 5 nitrogen and oxygen atoms in total. The molecule has 2 N–H and O–H groups in total. The number of carbonyl (C=O) groups is 2. The van der Waals surface area contributed by atoms with Crippen LogP contribution >= 0.6 is 0 Å². The van der Waals surface area contributed by atoms with Crippen LogP contribution in [0.5, 0.6) is 0 Å². The fourth-order valence-corrected chi connectivity index (χ4v) is 4.48. The van der Waals surface area contributed by atoms with Gasteiger partial charge in [0.05, 0.1) is 6.04 Å². The lowest BCUT2D eigenvalue weighted by Gasteiger charge is -2.29. The normalized spacial score (nSPS) is 15.0. The summed E-state index contributed by atoms with van der Waals surface area (Å²) >= 11 is 0. The number of fused-ring (bicyclic) bond motifs is 1. The molecule has 4 rings (SSSR count). The summed E-state index contributed by atoms with van der Waals surface area (Å²) in [7, 11) is 0. The van der Waals surface area contributed by atoms with Gasteiger partial charge in [0.15, 0.2) is 0 Å². The second kappa shape index (κ2) is 9.31. The van der Waals surface area contributed by atoms with Crippen molar-refractivity contribution in [3.63, 3.8) is 0 Å². The van der Waals surface area contributed by atoms with Gasteiger partial charge in [-0.1, -0.05) is 60.7 Å². The number of anilines is 1. The lowest BCUT2D eigenvalue weighted by Crippen LogP contribution is -2.41. The highest BCUT2D eigenvalue weighted by Crippen LogP contribution is 2.30. The van der Waals surface area contributed by atoms with Gasteiger partial charge in [-0.25, -0.2) is 0 Å². The smallest absolute Gasteiger partial charge is 0.313 e. The van der Waals surface area contributed by atoms with Gasteiger partial charge in [-0.05, 0) is 67.2 Å². The van der Waals surface area contributed by atoms with Crippen molar-refractivity contribution in [2.75, 3.05) is 25.0 Å². The van der Waals surface area contributed by atoms with Crippen molar-refractivity contribution in [1.82, 2.24) is 10.2 Å². The van der Waals surface area contributed by atoms with Crippen LogP contribution in [-0.4, -0.2) is 36.3 Å². The topological polar surface area (TPSA) is 61.4 Å². The maximum Gasteiger partial charge on any atom is 0.313 e. The predicted octanol–water partition coefficient (Wildman–Crippen LogP) is 4.35. The average molecular weight is 416 g/mol. The van der Waals surface area contributed by atoms with E-state index in [2.05, 4.69) is 45.9 Å². The Morgan fingerprint density at radius 3 is 2.26 bits per heavy atom. The van der Waals surface area contributed by atoms with Gasteiger partial charge in [-0.15, -0.1) is 0 Å². The van der Waals surface area contributed by atoms with Crippen LogP contribution in [0.3, 0.4) is 0 Å². The van der Waals surface area contributed by atoms with Crippen LogP contribution in [0.2, 0.25) is 0 Å². The van der Waals surface area contributed by atoms with E-state index in [1.807, 2.05) is 44.2 Å². The van der Waals surface area contributed by atoms with E-state index in [4.69, 9.17) is 0 Å². The fraction of sp³-hybridized carbons (Fsp3) is 0.308. The van der Waals surface area contributed by atoms with E-state index in [-0.39, 0.29) is 6.04 Å². The van der Waals surface area contributed by atoms with Gasteiger partial charge in [0.25, 0.3) is 0 Å². The molecule has 1 atom stereocenters. The third kappa shape index (κ3) is 4.62. The Morgan fingerprint density at radius 1 is 0.871 bits per heavy atom. The van der Waals surface area contributed by atoms with Crippen LogP contribution in [0.4, 0.5) is 5.69 Å². The highest BCUT2D eigenvalue weighted by atomic mass is 16.2. The average Bonchev–Trinajstić information content (AvgIpc) is 3.31. The molecular formula is C26H29N3O2. The van der Waals surface area contributed by atoms with E-state index in [0.717, 1.165) is 37.1 Å². The summed E-state index contributed by atoms with van der Waals surface area (Å²) < 4.78 is 0. The lowest BCUT2D eigenvalue weighted by atomic mass is 9.97. The molecule has 0 aromatic heterocycles. The molecule has 1 aliphatic heterocycles. The number of hydrogen-bond donors (Lipinski definition) is 2. The van der Waals surface area contributed by atoms with Crippen LogP contribution in [0.1, 0.15) is 35.6 Å². The molecule has 3 aromatic rings. The number of amides is 2. The molecule has 1 aliphatic rings. The van der Waals surface area contributed by atoms with Crippen molar-refractivity contribution in [2.45, 2.75) is 32.7 Å². The zero-order valence-electron chi connectivity index (χ0n) is 18.2. The zero-order chi connectivity index (χ0) is 21.8. The first-order valence-electron chi connectivity index (χ1n) is 10.9. The number of hydrogen-bond acceptors (Lipinski definition) is 3. The molecule has 5 heteroatoms. The first-order valence-corrected chi connectivity index (χ1v) is 10.9. The molecule has 0 radical (unpaired) electrons. The first kappa shape index (κ1) is 21.1. The van der Waals surface area contributed by atoms with Crippen LogP contribution in [0, 0.1) is 13.8 Å². The van der Waals surface area contributed by atoms with E-state index < -0.39 is 11.8 Å². The van der Waals surface area contributed by atoms with Gasteiger partial charge in [0.1, 0.15) is 0 Å². The molecule has 31 heavy (non-hydrogen) atoms. The fourth-order valence-electron chi connectivity index (χ4n) is 4.48. The number of rotatable bonds is 5. The summed E-state index contributed by atoms with van der Waals surface area (Å²) in [4.78, 5) is 27.6. The van der Waals surface area contributed by atoms with Crippen molar-refractivity contribution in [3.05, 3.63) is 77.4 Å². The van der Waals surface area contributed by atoms with Crippen molar-refractivity contribution in [3.8, 4) is 0 Å². The maximum absolute atomic E-state index is 12.6. The van der Waals surface area contributed by atoms with Crippen LogP contribution in [0.15, 0.2) is 60.7 Å². The third-order valence-electron chi connectivity index (χ3n) is 6.15. The monoisotopic (exact) mass is 415 g/mol. The highest BCUT2D eigenvalue weighted by Gasteiger charge is 2.26. The second-order valence-corrected chi connectivity index (χ2v) is 8.26. The molecule has 0 saturated carbocycles. The Labute approximate surface area is 183 Å². The number of benzene rings is 3. The Morgan fingerprint density at radius 2 is 1.52 bits per heavy atom. The molecule has 0 spiro atoms. The molecule has 1 unspecified atom stereocenters. The lowest BCUT2D eigenvalue weighted by molar-refractivity contribution is -0.136. The Kier molecular flexibility index (Phi) is 6.33. The Bertz CT molecular complexity index is 1080. The van der Waals surface area contributed by atoms with E-state index in [9.17, 15) is 9.59 Å². The van der Waals surface area contributed by atoms with Gasteiger partial charge < -0.3 is 10.6 Å². The largest absolute Gasteiger partial charge is 0.346 e. The van der Waals surface area contributed by atoms with E-state index in [1.54, 1.807) is 0 Å². The van der Waals surface area contributed by atoms with Gasteiger partial charge in [-0.3, -0.25) is 14.5 Å². The molecule has 1 saturated heterocycles. The zero-order valence-corrected chi connectivity index (χ0v) is 18.2. The predicted molar refractivity (Wildman–Crippen MR) is 125 cm³/mol. The number of likely N-dealkylation sites (tertiary alicyclic amines) is 1. The molecule has 2 amide bonds. The first-order chi connectivity index (χ1) is 15.0. The minimum atomic E-state index is -0.629. The van der Waals surface area contributed by atoms with Crippen molar-refractivity contribution in [2.24, 2.45) is 0 Å². The Balaban J connectivity index is 1.51. The molecule has 0 aliphatic carbocycles. The van der Waals surface area contributed by atoms with Crippen molar-refractivity contribution < 1.29 is 9.59 Å². The molecule has 3 aromatic carbocycles. The minimum Gasteiger partial charge on any atom is -0.346 e. The summed E-state index contributed by atoms with van der Waals surface area (Å²) in [6.45, 7) is 6.23. The Hall–Kier alpha value is -3.18. The van der Waals surface area contributed by atoms with Gasteiger partial charge in [0, 0.05) is 12.2 Å². The number of nitrogens with one attached hydrogen (secondary N) is 2. The van der Waals surface area contributed by atoms with E-state index in [1.165, 1.54) is 16.3 Å². The summed E-state index contributed by atoms with van der Waals surface area (Å²) in [6.07, 6.45) is 2.31. The number of para-hydroxylation sites is 1. The van der Waals surface area contributed by atoms with Crippen molar-refractivity contribution in [1.29, 1.82) is 0 Å². The SMILES string of the molecule is Cc1cccc(C)c1NC(=O)C(=O)NCC(c1cccc2ccccc12)N1CCCC1. The molecule has 0 bridgehead atoms. The molecule has 160 valence electrons. The van der Waals surface area contributed by atoms with Gasteiger partial charge in [-0.2, -0.15) is 0 Å². The second-order valence-electron chi connectivity index (χ2n) is 8.26. The van der Waals surface area contributed by atoms with Gasteiger partial charge in [0.2, 0.25) is 0 Å². The van der Waals surface area contributed by atoms with Crippen molar-refractivity contribution >= 4 is 28.3 Å². The van der Waals surface area contributed by atoms with Gasteiger partial charge >= 0.3 is 11.8 Å². The number of carbonyl (C=O) groups excluding carboxylic acids is 2. The summed E-state index contributed by atoms with van der Waals surface area (Å²) in [5.41, 5.74) is 3.77. The number of nitrogens with zero attached hydrogens (tertiary/aromatic N) is 1. The standard InChI is InChI=1S/C26H29N3O2/c1-18-9-7-10-19(2)24(18)28-26(31)25(30)27-17-23(29-15-5-6-16-29)22-14-8-12-20-11-3-4-13-21(20)22/h3-4,7-14,23H,5-6,15-17H2,1-2H3,(H,27,30)(H,28,31). The maximum atomic E-state index is 12.6. The summed E-state index contributed by atoms with van der Waals surface area (Å²) in [5, 5.41) is 8.04. The minimum absolute atomic E-state index is 0.0329. The van der Waals surface area contributed by atoms with Crippen LogP contribution in [-0.2, 0) is 9.59 Å². The molecule has 1 fully saturated rings. The third-order valence-corrected chi connectivity index (χ3v) is 6.15. The number of aryl methyl sites for hydroxylation is 2. The quantitative estimate of drug-likeness (QED) is 0.609. The molecule has 1 heterocycles. The summed E-state index contributed by atoms with van der Waals surface area (Å²) in [5.74, 6) is -1.23. The van der Waals surface area contributed by atoms with E-state index >= 15 is 0 Å². The summed E-state index contributed by atoms with van der Waals surface area (Å²) in [6, 6.07) is 20.4. The van der Waals surface area contributed by atoms with Crippen LogP contribution in [0.25, 0.3) is 10.8 Å². The highest BCUT2D eigenvalue weighted by molar-refractivity contribution is 6.39.